The van der Waals surface area contributed by atoms with Crippen molar-refractivity contribution in [3.63, 3.8) is 0 Å². The first-order valence-corrected chi connectivity index (χ1v) is 7.82. The van der Waals surface area contributed by atoms with E-state index in [0.717, 1.165) is 19.7 Å². The molecule has 0 radical (unpaired) electrons. The van der Waals surface area contributed by atoms with E-state index in [2.05, 4.69) is 51.8 Å². The van der Waals surface area contributed by atoms with Gasteiger partial charge in [0.2, 0.25) is 0 Å². The molecule has 1 rings (SSSR count). The van der Waals surface area contributed by atoms with Gasteiger partial charge in [0.25, 0.3) is 0 Å². The highest BCUT2D eigenvalue weighted by atomic mass is 16.5. The van der Waals surface area contributed by atoms with Gasteiger partial charge in [0.15, 0.2) is 0 Å². The Balaban J connectivity index is 2.96. The third-order valence-corrected chi connectivity index (χ3v) is 4.96. The second-order valence-electron chi connectivity index (χ2n) is 7.05. The van der Waals surface area contributed by atoms with Crippen LogP contribution in [0.5, 0.6) is 0 Å². The molecule has 1 N–H and O–H groups in total. The van der Waals surface area contributed by atoms with Crippen LogP contribution in [0.25, 0.3) is 0 Å². The number of hydrogen-bond acceptors (Lipinski definition) is 3. The van der Waals surface area contributed by atoms with Crippen molar-refractivity contribution in [1.29, 1.82) is 0 Å². The predicted molar refractivity (Wildman–Crippen MR) is 82.6 cm³/mol. The summed E-state index contributed by atoms with van der Waals surface area (Å²) in [6.45, 7) is 16.9. The Morgan fingerprint density at radius 2 is 1.89 bits per heavy atom. The lowest BCUT2D eigenvalue weighted by Crippen LogP contribution is -2.69. The van der Waals surface area contributed by atoms with Crippen LogP contribution in [0.15, 0.2) is 0 Å². The van der Waals surface area contributed by atoms with E-state index in [-0.39, 0.29) is 11.1 Å². The first-order valence-electron chi connectivity index (χ1n) is 7.82. The lowest BCUT2D eigenvalue weighted by atomic mass is 9.83. The molecule has 3 nitrogen and oxygen atoms in total. The number of hydrogen-bond donors (Lipinski definition) is 1. The molecule has 0 amide bonds. The Labute approximate surface area is 120 Å². The number of piperazine rings is 1. The Kier molecular flexibility index (Phi) is 5.84. The minimum absolute atomic E-state index is 0.0986. The SMILES string of the molecule is CCC1(CC)CN(C(C)(C)COC)C(C(C)C)CN1. The zero-order chi connectivity index (χ0) is 14.7. The molecule has 0 saturated carbocycles. The zero-order valence-electron chi connectivity index (χ0n) is 14.0. The molecule has 1 saturated heterocycles. The minimum atomic E-state index is 0.0986. The summed E-state index contributed by atoms with van der Waals surface area (Å²) in [5, 5.41) is 3.83. The number of nitrogens with zero attached hydrogens (tertiary/aromatic N) is 1. The monoisotopic (exact) mass is 270 g/mol. The summed E-state index contributed by atoms with van der Waals surface area (Å²) in [5.41, 5.74) is 0.373. The molecule has 0 aromatic carbocycles. The normalized spacial score (nSPS) is 24.9. The van der Waals surface area contributed by atoms with E-state index < -0.39 is 0 Å². The molecular weight excluding hydrogens is 236 g/mol. The lowest BCUT2D eigenvalue weighted by molar-refractivity contribution is -0.0512. The fourth-order valence-corrected chi connectivity index (χ4v) is 3.35. The molecule has 114 valence electrons. The van der Waals surface area contributed by atoms with E-state index in [1.807, 2.05) is 0 Å². The largest absolute Gasteiger partial charge is 0.383 e. The molecular formula is C16H34N2O. The van der Waals surface area contributed by atoms with E-state index in [4.69, 9.17) is 4.74 Å². The predicted octanol–water partition coefficient (Wildman–Crippen LogP) is 2.90. The van der Waals surface area contributed by atoms with Crippen LogP contribution in [0.3, 0.4) is 0 Å². The maximum atomic E-state index is 5.46. The second kappa shape index (κ2) is 6.55. The van der Waals surface area contributed by atoms with Crippen LogP contribution in [0, 0.1) is 5.92 Å². The highest BCUT2D eigenvalue weighted by Gasteiger charge is 2.43. The summed E-state index contributed by atoms with van der Waals surface area (Å²) in [4.78, 5) is 2.69. The summed E-state index contributed by atoms with van der Waals surface area (Å²) in [6, 6.07) is 0.594. The first kappa shape index (κ1) is 16.9. The Hall–Kier alpha value is -0.120. The van der Waals surface area contributed by atoms with Crippen molar-refractivity contribution in [3.8, 4) is 0 Å². The Morgan fingerprint density at radius 1 is 1.32 bits per heavy atom. The summed E-state index contributed by atoms with van der Waals surface area (Å²) in [6.07, 6.45) is 2.38. The summed E-state index contributed by atoms with van der Waals surface area (Å²) < 4.78 is 5.46. The minimum Gasteiger partial charge on any atom is -0.383 e. The standard InChI is InChI=1S/C16H34N2O/c1-8-16(9-2)11-18(15(5,6)12-19-7)14(10-17-16)13(3)4/h13-14,17H,8-12H2,1-7H3. The maximum absolute atomic E-state index is 5.46. The van der Waals surface area contributed by atoms with Crippen molar-refractivity contribution in [2.45, 2.75) is 71.5 Å². The van der Waals surface area contributed by atoms with Gasteiger partial charge in [-0.25, -0.2) is 0 Å². The molecule has 0 bridgehead atoms. The second-order valence-corrected chi connectivity index (χ2v) is 7.05. The van der Waals surface area contributed by atoms with E-state index in [0.29, 0.717) is 12.0 Å². The highest BCUT2D eigenvalue weighted by Crippen LogP contribution is 2.31. The van der Waals surface area contributed by atoms with E-state index >= 15 is 0 Å². The third kappa shape index (κ3) is 3.71. The van der Waals surface area contributed by atoms with Gasteiger partial charge in [-0.1, -0.05) is 27.7 Å². The maximum Gasteiger partial charge on any atom is 0.0641 e. The van der Waals surface area contributed by atoms with Crippen LogP contribution >= 0.6 is 0 Å². The molecule has 1 aliphatic rings. The third-order valence-electron chi connectivity index (χ3n) is 4.96. The van der Waals surface area contributed by atoms with Gasteiger partial charge < -0.3 is 10.1 Å². The quantitative estimate of drug-likeness (QED) is 0.803. The molecule has 1 atom stereocenters. The Morgan fingerprint density at radius 3 is 2.32 bits per heavy atom. The fourth-order valence-electron chi connectivity index (χ4n) is 3.35. The molecule has 0 spiro atoms. The zero-order valence-corrected chi connectivity index (χ0v) is 14.0. The van der Waals surface area contributed by atoms with Crippen molar-refractivity contribution >= 4 is 0 Å². The molecule has 1 unspecified atom stereocenters. The first-order chi connectivity index (χ1) is 8.82. The van der Waals surface area contributed by atoms with Crippen LogP contribution in [0.2, 0.25) is 0 Å². The van der Waals surface area contributed by atoms with E-state index in [9.17, 15) is 0 Å². The number of ether oxygens (including phenoxy) is 1. The number of rotatable bonds is 6. The van der Waals surface area contributed by atoms with Crippen LogP contribution in [0.1, 0.15) is 54.4 Å². The highest BCUT2D eigenvalue weighted by molar-refractivity contribution is 5.02. The van der Waals surface area contributed by atoms with Gasteiger partial charge >= 0.3 is 0 Å². The molecule has 1 heterocycles. The van der Waals surface area contributed by atoms with Crippen molar-refractivity contribution in [3.05, 3.63) is 0 Å². The van der Waals surface area contributed by atoms with Gasteiger partial charge in [-0.05, 0) is 32.6 Å². The van der Waals surface area contributed by atoms with Crippen molar-refractivity contribution in [2.75, 3.05) is 26.8 Å². The molecule has 1 fully saturated rings. The molecule has 0 aliphatic carbocycles. The molecule has 19 heavy (non-hydrogen) atoms. The van der Waals surface area contributed by atoms with Crippen molar-refractivity contribution in [2.24, 2.45) is 5.92 Å². The Bertz CT molecular complexity index is 272. The fraction of sp³-hybridized carbons (Fsp3) is 1.00. The van der Waals surface area contributed by atoms with Crippen LogP contribution < -0.4 is 5.32 Å². The van der Waals surface area contributed by atoms with Crippen molar-refractivity contribution < 1.29 is 4.74 Å². The van der Waals surface area contributed by atoms with Gasteiger partial charge in [0.05, 0.1) is 6.61 Å². The van der Waals surface area contributed by atoms with E-state index in [1.54, 1.807) is 7.11 Å². The van der Waals surface area contributed by atoms with Gasteiger partial charge in [-0.3, -0.25) is 4.90 Å². The van der Waals surface area contributed by atoms with Crippen LogP contribution in [-0.2, 0) is 4.74 Å². The molecule has 0 aromatic rings. The van der Waals surface area contributed by atoms with Gasteiger partial charge in [0, 0.05) is 37.3 Å². The van der Waals surface area contributed by atoms with Crippen LogP contribution in [0.4, 0.5) is 0 Å². The van der Waals surface area contributed by atoms with E-state index in [1.165, 1.54) is 12.8 Å². The molecule has 0 aromatic heterocycles. The average molecular weight is 270 g/mol. The lowest BCUT2D eigenvalue weighted by Gasteiger charge is -2.54. The van der Waals surface area contributed by atoms with Gasteiger partial charge in [0.1, 0.15) is 0 Å². The molecule has 3 heteroatoms. The summed E-state index contributed by atoms with van der Waals surface area (Å²) >= 11 is 0. The smallest absolute Gasteiger partial charge is 0.0641 e. The summed E-state index contributed by atoms with van der Waals surface area (Å²) in [5.74, 6) is 0.662. The van der Waals surface area contributed by atoms with Crippen molar-refractivity contribution in [1.82, 2.24) is 10.2 Å². The number of nitrogens with one attached hydrogen (secondary N) is 1. The number of methoxy groups -OCH3 is 1. The van der Waals surface area contributed by atoms with Gasteiger partial charge in [-0.2, -0.15) is 0 Å². The van der Waals surface area contributed by atoms with Crippen LogP contribution in [-0.4, -0.2) is 48.8 Å². The summed E-state index contributed by atoms with van der Waals surface area (Å²) in [7, 11) is 1.81. The molecule has 1 aliphatic heterocycles. The van der Waals surface area contributed by atoms with Gasteiger partial charge in [-0.15, -0.1) is 0 Å². The topological polar surface area (TPSA) is 24.5 Å². The average Bonchev–Trinajstić information content (AvgIpc) is 2.37.